The number of aromatic nitrogens is 3. The summed E-state index contributed by atoms with van der Waals surface area (Å²) >= 11 is -0.0253. The molecule has 0 spiro atoms. The molecule has 66 heavy (non-hydrogen) atoms. The van der Waals surface area contributed by atoms with Gasteiger partial charge in [-0.25, -0.2) is 0 Å². The Bertz CT molecular complexity index is 3090. The normalized spacial score (nSPS) is 13.4. The fraction of sp³-hybridized carbons (Fsp3) is 0.300. The Labute approximate surface area is 413 Å². The van der Waals surface area contributed by atoms with Gasteiger partial charge in [-0.2, -0.15) is 11.3 Å². The number of imidazole rings is 1. The number of aryl methyl sites for hydroxylation is 2. The molecule has 339 valence electrons. The predicted octanol–water partition coefficient (Wildman–Crippen LogP) is 16.6. The van der Waals surface area contributed by atoms with Crippen LogP contribution in [0, 0.1) is 31.9 Å². The zero-order valence-electron chi connectivity index (χ0n) is 40.2. The van der Waals surface area contributed by atoms with Crippen LogP contribution >= 0.6 is 11.3 Å². The molecule has 10 rings (SSSR count). The van der Waals surface area contributed by atoms with Crippen LogP contribution in [0.5, 0.6) is 0 Å². The number of fused-ring (bicyclic) bond motifs is 4. The van der Waals surface area contributed by atoms with E-state index in [9.17, 15) is 0 Å². The summed E-state index contributed by atoms with van der Waals surface area (Å²) in [6.07, 6.45) is 10.5. The van der Waals surface area contributed by atoms with Gasteiger partial charge in [0.25, 0.3) is 0 Å². The smallest absolute Gasteiger partial charge is 0 e. The van der Waals surface area contributed by atoms with Crippen molar-refractivity contribution in [2.24, 2.45) is 5.92 Å². The number of benzene rings is 6. The van der Waals surface area contributed by atoms with E-state index < -0.39 is 13.3 Å². The Hall–Kier alpha value is -4.65. The minimum atomic E-state index is -1.89. The van der Waals surface area contributed by atoms with Crippen LogP contribution in [-0.2, 0) is 26.5 Å². The summed E-state index contributed by atoms with van der Waals surface area (Å²) in [6, 6.07) is 50.7. The second kappa shape index (κ2) is 20.3. The number of rotatable bonds is 9. The molecule has 0 bridgehead atoms. The van der Waals surface area contributed by atoms with Crippen molar-refractivity contribution in [3.63, 3.8) is 0 Å². The summed E-state index contributed by atoms with van der Waals surface area (Å²) in [5.41, 5.74) is 16.0. The molecule has 3 aromatic heterocycles. The molecular weight excluding hydrogens is 1060 g/mol. The second-order valence-corrected chi connectivity index (χ2v) is 31.7. The second-order valence-electron chi connectivity index (χ2n) is 20.1. The molecule has 0 saturated heterocycles. The summed E-state index contributed by atoms with van der Waals surface area (Å²) in [6.45, 7) is 13.6. The van der Waals surface area contributed by atoms with Crippen molar-refractivity contribution in [2.75, 3.05) is 0 Å². The van der Waals surface area contributed by atoms with E-state index >= 15 is 0 Å². The van der Waals surface area contributed by atoms with Gasteiger partial charge in [-0.3, -0.25) is 4.98 Å². The monoisotopic (exact) mass is 1120 g/mol. The summed E-state index contributed by atoms with van der Waals surface area (Å²) in [5.74, 6) is 9.93. The number of hydrogen-bond donors (Lipinski definition) is 0. The third kappa shape index (κ3) is 9.83. The van der Waals surface area contributed by atoms with Gasteiger partial charge in [0.05, 0.1) is 16.9 Å². The minimum Gasteiger partial charge on any atom is 0 e. The molecule has 9 aromatic rings. The van der Waals surface area contributed by atoms with Crippen molar-refractivity contribution < 1.29 is 20.1 Å². The Morgan fingerprint density at radius 2 is 1.45 bits per heavy atom. The van der Waals surface area contributed by atoms with Gasteiger partial charge in [0.15, 0.2) is 0 Å². The van der Waals surface area contributed by atoms with Gasteiger partial charge in [-0.1, -0.05) is 100 Å². The van der Waals surface area contributed by atoms with E-state index in [0.29, 0.717) is 11.8 Å². The van der Waals surface area contributed by atoms with Crippen LogP contribution in [0.2, 0.25) is 17.3 Å². The minimum absolute atomic E-state index is 0. The molecule has 0 amide bonds. The maximum Gasteiger partial charge on any atom is 0 e. The van der Waals surface area contributed by atoms with Crippen molar-refractivity contribution in [1.29, 1.82) is 0 Å². The van der Waals surface area contributed by atoms with E-state index in [4.69, 9.17) is 9.97 Å². The third-order valence-corrected chi connectivity index (χ3v) is 18.9. The van der Waals surface area contributed by atoms with E-state index in [1.807, 2.05) is 23.5 Å². The van der Waals surface area contributed by atoms with Gasteiger partial charge >= 0.3 is 144 Å². The summed E-state index contributed by atoms with van der Waals surface area (Å²) in [7, 11) is 0. The zero-order valence-corrected chi connectivity index (χ0v) is 45.5. The number of hydrogen-bond acceptors (Lipinski definition) is 3. The fourth-order valence-corrected chi connectivity index (χ4v) is 14.7. The number of nitrogens with zero attached hydrogens (tertiary/aromatic N) is 3. The van der Waals surface area contributed by atoms with Crippen LogP contribution in [0.15, 0.2) is 128 Å². The fourth-order valence-electron chi connectivity index (χ4n) is 10.0. The zero-order chi connectivity index (χ0) is 45.4. The SMILES string of the molecule is Cc1ccc2c(c1)sc1c(-c3nc4ccccc4n3-c3c(C(C)C)cc(-c4ccccc4)cc3C(C)C)[c-]cc(C)c12.[CH3][Ge]([CH3])([CH3])[c]1cnc(-c2[c-]cccc2)cc1CC1CCCCC1.[Ir]. The van der Waals surface area contributed by atoms with Gasteiger partial charge in [0, 0.05) is 30.5 Å². The number of para-hydroxylation sites is 2. The molecule has 6 aromatic carbocycles. The first-order valence-electron chi connectivity index (χ1n) is 23.9. The van der Waals surface area contributed by atoms with Gasteiger partial charge in [-0.05, 0) is 87.0 Å². The average Bonchev–Trinajstić information content (AvgIpc) is 3.88. The van der Waals surface area contributed by atoms with Gasteiger partial charge in [0.1, 0.15) is 0 Å². The first kappa shape index (κ1) is 47.8. The molecule has 0 unspecified atom stereocenters. The van der Waals surface area contributed by atoms with Crippen molar-refractivity contribution in [2.45, 2.75) is 109 Å². The molecule has 1 radical (unpaired) electrons. The van der Waals surface area contributed by atoms with E-state index in [0.717, 1.165) is 39.6 Å². The largest absolute Gasteiger partial charge is 0 e. The third-order valence-electron chi connectivity index (χ3n) is 13.4. The van der Waals surface area contributed by atoms with E-state index in [2.05, 4.69) is 191 Å². The topological polar surface area (TPSA) is 30.7 Å². The molecule has 1 aliphatic rings. The molecule has 6 heteroatoms. The van der Waals surface area contributed by atoms with Gasteiger partial charge in [0.2, 0.25) is 0 Å². The van der Waals surface area contributed by atoms with Crippen molar-refractivity contribution in [1.82, 2.24) is 14.5 Å². The maximum absolute atomic E-state index is 5.35. The Morgan fingerprint density at radius 1 is 0.758 bits per heavy atom. The molecule has 3 nitrogen and oxygen atoms in total. The van der Waals surface area contributed by atoms with Crippen LogP contribution in [0.1, 0.15) is 99.5 Å². The summed E-state index contributed by atoms with van der Waals surface area (Å²) in [4.78, 5) is 10.1. The number of thiophene rings is 1. The summed E-state index contributed by atoms with van der Waals surface area (Å²) < 4.78 is 6.60. The summed E-state index contributed by atoms with van der Waals surface area (Å²) in [5, 5.41) is 2.63. The molecule has 3 heterocycles. The molecule has 1 saturated carbocycles. The Kier molecular flexibility index (Phi) is 14.7. The van der Waals surface area contributed by atoms with E-state index in [-0.39, 0.29) is 20.1 Å². The van der Waals surface area contributed by atoms with Crippen molar-refractivity contribution in [3.05, 3.63) is 167 Å². The van der Waals surface area contributed by atoms with Gasteiger partial charge in [-0.15, -0.1) is 17.7 Å². The van der Waals surface area contributed by atoms with Crippen LogP contribution in [0.25, 0.3) is 70.7 Å². The molecule has 1 fully saturated rings. The van der Waals surface area contributed by atoms with E-state index in [1.54, 1.807) is 9.96 Å². The Balaban J connectivity index is 0.000000209. The molecular formula is C60H63GeIrN3S-2. The van der Waals surface area contributed by atoms with Crippen LogP contribution < -0.4 is 4.40 Å². The van der Waals surface area contributed by atoms with Crippen LogP contribution in [0.3, 0.4) is 0 Å². The van der Waals surface area contributed by atoms with Crippen LogP contribution in [0.4, 0.5) is 0 Å². The van der Waals surface area contributed by atoms with Crippen molar-refractivity contribution in [3.8, 4) is 39.5 Å². The Morgan fingerprint density at radius 3 is 2.14 bits per heavy atom. The molecule has 0 aliphatic heterocycles. The quantitative estimate of drug-likeness (QED) is 0.107. The molecule has 0 N–H and O–H groups in total. The standard InChI is InChI=1S/C39H35N2S.C21H28GeN.Ir/c1-23(2)31-21-28(27-12-8-7-9-13-27)22-32(24(3)4)37(31)41-34-15-11-10-14-33(34)40-39(41)30-19-17-26(6)36-29-18-16-25(5)20-35(29)42-38(30)36;1-22(2,3)20-16-23-21(18-12-8-5-9-13-18)15-19(20)14-17-10-6-4-7-11-17;/h7-18,20-24H,1-6H3;5,8-9,12,15-17H,4,6-7,10-11,14H2,1-3H3;/q2*-1;. The first-order valence-corrected chi connectivity index (χ1v) is 32.0. The average molecular weight is 1120 g/mol. The first-order chi connectivity index (χ1) is 31.4. The van der Waals surface area contributed by atoms with Gasteiger partial charge < -0.3 is 4.57 Å². The number of pyridine rings is 1. The maximum atomic E-state index is 5.35. The molecule has 0 atom stereocenters. The van der Waals surface area contributed by atoms with E-state index in [1.165, 1.54) is 97.8 Å². The van der Waals surface area contributed by atoms with Crippen LogP contribution in [-0.4, -0.2) is 27.8 Å². The predicted molar refractivity (Wildman–Crippen MR) is 283 cm³/mol. The molecule has 1 aliphatic carbocycles. The van der Waals surface area contributed by atoms with Crippen molar-refractivity contribution >= 4 is 60.2 Å².